The van der Waals surface area contributed by atoms with E-state index in [4.69, 9.17) is 26.8 Å². The van der Waals surface area contributed by atoms with Gasteiger partial charge in [0.2, 0.25) is 17.8 Å². The van der Waals surface area contributed by atoms with Crippen LogP contribution in [0.25, 0.3) is 0 Å². The van der Waals surface area contributed by atoms with Gasteiger partial charge in [0, 0.05) is 23.0 Å². The molecule has 0 unspecified atom stereocenters. The Bertz CT molecular complexity index is 934. The smallest absolute Gasteiger partial charge is 0.340 e. The summed E-state index contributed by atoms with van der Waals surface area (Å²) in [5.74, 6) is 0.250. The molecule has 3 N–H and O–H groups in total. The molecule has 0 saturated carbocycles. The highest BCUT2D eigenvalue weighted by Gasteiger charge is 2.11. The second-order valence-electron chi connectivity index (χ2n) is 5.23. The first kappa shape index (κ1) is 18.3. The van der Waals surface area contributed by atoms with Crippen LogP contribution in [0.4, 0.5) is 17.6 Å². The summed E-state index contributed by atoms with van der Waals surface area (Å²) in [7, 11) is 1.49. The molecule has 0 aliphatic heterocycles. The predicted molar refractivity (Wildman–Crippen MR) is 98.9 cm³/mol. The minimum absolute atomic E-state index is 0.00127. The number of nitrogen functional groups attached to an aromatic ring is 1. The van der Waals surface area contributed by atoms with Gasteiger partial charge < -0.3 is 20.5 Å². The number of aromatic nitrogens is 4. The van der Waals surface area contributed by atoms with Gasteiger partial charge in [-0.05, 0) is 30.3 Å². The number of esters is 1. The van der Waals surface area contributed by atoms with Gasteiger partial charge in [0.1, 0.15) is 0 Å². The topological polar surface area (TPSA) is 125 Å². The number of nitrogens with zero attached hydrogens (tertiary/aromatic N) is 4. The van der Waals surface area contributed by atoms with Crippen molar-refractivity contribution in [3.8, 4) is 5.88 Å². The normalized spacial score (nSPS) is 10.3. The number of rotatable bonds is 6. The molecule has 10 heteroatoms. The monoisotopic (exact) mass is 386 g/mol. The Balaban J connectivity index is 1.66. The number of hydrogen-bond acceptors (Lipinski definition) is 9. The Morgan fingerprint density at radius 1 is 1.15 bits per heavy atom. The van der Waals surface area contributed by atoms with E-state index in [1.807, 2.05) is 0 Å². The summed E-state index contributed by atoms with van der Waals surface area (Å²) in [4.78, 5) is 28.2. The van der Waals surface area contributed by atoms with Crippen LogP contribution in [0.5, 0.6) is 5.88 Å². The summed E-state index contributed by atoms with van der Waals surface area (Å²) in [6, 6.07) is 10.1. The molecular weight excluding hydrogens is 372 g/mol. The molecule has 9 nitrogen and oxygen atoms in total. The van der Waals surface area contributed by atoms with Gasteiger partial charge in [0.05, 0.1) is 12.7 Å². The standard InChI is InChI=1S/C17H15ClN6O3/c1-26-14-7-2-10(8-20-14)15(25)27-9-13-22-16(19)24-17(23-13)21-12-5-3-11(18)4-6-12/h2-8H,9H2,1H3,(H3,19,21,22,23,24). The molecule has 3 aromatic rings. The van der Waals surface area contributed by atoms with Crippen LogP contribution in [-0.4, -0.2) is 33.0 Å². The average Bonchev–Trinajstić information content (AvgIpc) is 2.67. The molecule has 0 bridgehead atoms. The molecule has 2 heterocycles. The number of anilines is 3. The van der Waals surface area contributed by atoms with Crippen molar-refractivity contribution < 1.29 is 14.3 Å². The molecule has 0 saturated heterocycles. The van der Waals surface area contributed by atoms with Crippen LogP contribution < -0.4 is 15.8 Å². The second-order valence-corrected chi connectivity index (χ2v) is 5.67. The van der Waals surface area contributed by atoms with Crippen LogP contribution in [0.15, 0.2) is 42.6 Å². The van der Waals surface area contributed by atoms with Crippen molar-refractivity contribution in [2.24, 2.45) is 0 Å². The van der Waals surface area contributed by atoms with Crippen LogP contribution in [0, 0.1) is 0 Å². The Morgan fingerprint density at radius 2 is 1.93 bits per heavy atom. The first-order valence-electron chi connectivity index (χ1n) is 7.73. The van der Waals surface area contributed by atoms with E-state index in [9.17, 15) is 4.79 Å². The SMILES string of the molecule is COc1ccc(C(=O)OCc2nc(N)nc(Nc3ccc(Cl)cc3)n2)cn1. The van der Waals surface area contributed by atoms with E-state index in [1.54, 1.807) is 36.4 Å². The maximum absolute atomic E-state index is 12.1. The minimum Gasteiger partial charge on any atom is -0.481 e. The first-order valence-corrected chi connectivity index (χ1v) is 8.11. The zero-order valence-corrected chi connectivity index (χ0v) is 15.0. The molecule has 0 fully saturated rings. The molecule has 27 heavy (non-hydrogen) atoms. The number of nitrogens with two attached hydrogens (primary N) is 1. The lowest BCUT2D eigenvalue weighted by atomic mass is 10.3. The molecule has 1 aromatic carbocycles. The summed E-state index contributed by atoms with van der Waals surface area (Å²) in [6.07, 6.45) is 1.36. The van der Waals surface area contributed by atoms with Crippen molar-refractivity contribution in [3.05, 3.63) is 59.0 Å². The molecule has 2 aromatic heterocycles. The Hall–Kier alpha value is -3.46. The molecule has 0 radical (unpaired) electrons. The van der Waals surface area contributed by atoms with Gasteiger partial charge >= 0.3 is 5.97 Å². The van der Waals surface area contributed by atoms with Gasteiger partial charge in [0.25, 0.3) is 0 Å². The summed E-state index contributed by atoms with van der Waals surface area (Å²) in [5.41, 5.74) is 6.69. The summed E-state index contributed by atoms with van der Waals surface area (Å²) in [6.45, 7) is -0.174. The Morgan fingerprint density at radius 3 is 2.59 bits per heavy atom. The Kier molecular flexibility index (Phi) is 5.62. The number of benzene rings is 1. The summed E-state index contributed by atoms with van der Waals surface area (Å²) >= 11 is 5.85. The van der Waals surface area contributed by atoms with Crippen LogP contribution in [0.1, 0.15) is 16.2 Å². The van der Waals surface area contributed by atoms with Crippen LogP contribution in [0.3, 0.4) is 0 Å². The molecule has 0 atom stereocenters. The third-order valence-electron chi connectivity index (χ3n) is 3.31. The molecule has 0 aliphatic carbocycles. The van der Waals surface area contributed by atoms with Crippen LogP contribution in [-0.2, 0) is 11.3 Å². The Labute approximate surface area is 159 Å². The molecular formula is C17H15ClN6O3. The highest BCUT2D eigenvalue weighted by molar-refractivity contribution is 6.30. The van der Waals surface area contributed by atoms with Crippen molar-refractivity contribution in [3.63, 3.8) is 0 Å². The number of carbonyl (C=O) groups excluding carboxylic acids is 1. The lowest BCUT2D eigenvalue weighted by Gasteiger charge is -2.08. The van der Waals surface area contributed by atoms with Gasteiger partial charge in [-0.2, -0.15) is 15.0 Å². The van der Waals surface area contributed by atoms with Crippen molar-refractivity contribution >= 4 is 35.2 Å². The van der Waals surface area contributed by atoms with E-state index >= 15 is 0 Å². The summed E-state index contributed by atoms with van der Waals surface area (Å²) < 4.78 is 10.1. The van der Waals surface area contributed by atoms with Gasteiger partial charge in [-0.15, -0.1) is 0 Å². The van der Waals surface area contributed by atoms with E-state index in [1.165, 1.54) is 13.3 Å². The fourth-order valence-corrected chi connectivity index (χ4v) is 2.18. The number of pyridine rings is 1. The third kappa shape index (κ3) is 5.02. The number of methoxy groups -OCH3 is 1. The van der Waals surface area contributed by atoms with Crippen molar-refractivity contribution in [1.82, 2.24) is 19.9 Å². The average molecular weight is 387 g/mol. The maximum atomic E-state index is 12.1. The molecule has 0 amide bonds. The van der Waals surface area contributed by atoms with Gasteiger partial charge in [-0.25, -0.2) is 9.78 Å². The van der Waals surface area contributed by atoms with Crippen molar-refractivity contribution in [2.45, 2.75) is 6.61 Å². The van der Waals surface area contributed by atoms with Crippen LogP contribution >= 0.6 is 11.6 Å². The second kappa shape index (κ2) is 8.28. The number of hydrogen-bond donors (Lipinski definition) is 2. The fraction of sp³-hybridized carbons (Fsp3) is 0.118. The number of carbonyl (C=O) groups is 1. The number of halogens is 1. The van der Waals surface area contributed by atoms with E-state index < -0.39 is 5.97 Å². The zero-order chi connectivity index (χ0) is 19.2. The quantitative estimate of drug-likeness (QED) is 0.614. The fourth-order valence-electron chi connectivity index (χ4n) is 2.06. The highest BCUT2D eigenvalue weighted by Crippen LogP contribution is 2.17. The van der Waals surface area contributed by atoms with Crippen molar-refractivity contribution in [1.29, 1.82) is 0 Å². The maximum Gasteiger partial charge on any atom is 0.340 e. The van der Waals surface area contributed by atoms with E-state index in [0.717, 1.165) is 5.69 Å². The van der Waals surface area contributed by atoms with Crippen LogP contribution in [0.2, 0.25) is 5.02 Å². The van der Waals surface area contributed by atoms with Gasteiger partial charge in [-0.1, -0.05) is 11.6 Å². The predicted octanol–water partition coefficient (Wildman–Crippen LogP) is 2.61. The van der Waals surface area contributed by atoms with E-state index in [-0.39, 0.29) is 29.9 Å². The van der Waals surface area contributed by atoms with Gasteiger partial charge in [0.15, 0.2) is 12.4 Å². The molecule has 0 spiro atoms. The number of ether oxygens (including phenoxy) is 2. The largest absolute Gasteiger partial charge is 0.481 e. The molecule has 3 rings (SSSR count). The van der Waals surface area contributed by atoms with Gasteiger partial charge in [-0.3, -0.25) is 0 Å². The molecule has 0 aliphatic rings. The lowest BCUT2D eigenvalue weighted by molar-refractivity contribution is 0.0461. The molecule has 138 valence electrons. The first-order chi connectivity index (χ1) is 13.0. The lowest BCUT2D eigenvalue weighted by Crippen LogP contribution is -2.11. The summed E-state index contributed by atoms with van der Waals surface area (Å²) in [5, 5.41) is 3.59. The number of nitrogens with one attached hydrogen (secondary N) is 1. The zero-order valence-electron chi connectivity index (χ0n) is 14.2. The van der Waals surface area contributed by atoms with E-state index in [2.05, 4.69) is 25.3 Å². The van der Waals surface area contributed by atoms with Crippen molar-refractivity contribution in [2.75, 3.05) is 18.2 Å². The third-order valence-corrected chi connectivity index (χ3v) is 3.56. The van der Waals surface area contributed by atoms with E-state index in [0.29, 0.717) is 10.9 Å². The minimum atomic E-state index is -0.573. The highest BCUT2D eigenvalue weighted by atomic mass is 35.5.